The predicted molar refractivity (Wildman–Crippen MR) is 74.2 cm³/mol. The van der Waals surface area contributed by atoms with Gasteiger partial charge >= 0.3 is 0 Å². The monoisotopic (exact) mass is 243 g/mol. The molecule has 0 bridgehead atoms. The summed E-state index contributed by atoms with van der Waals surface area (Å²) in [6.07, 6.45) is 3.51. The molecule has 0 rings (SSSR count). The summed E-state index contributed by atoms with van der Waals surface area (Å²) < 4.78 is 12.5. The molecule has 0 aliphatic rings. The first-order valence-corrected chi connectivity index (χ1v) is 8.47. The Balaban J connectivity index is 5.74. The molecule has 0 fully saturated rings. The van der Waals surface area contributed by atoms with Crippen molar-refractivity contribution in [1.82, 2.24) is 5.32 Å². The van der Waals surface area contributed by atoms with Crippen molar-refractivity contribution in [3.8, 4) is 0 Å². The van der Waals surface area contributed by atoms with Crippen molar-refractivity contribution in [2.24, 2.45) is 5.41 Å². The van der Waals surface area contributed by atoms with Crippen LogP contribution < -0.4 is 5.32 Å². The van der Waals surface area contributed by atoms with Gasteiger partial charge in [-0.05, 0) is 37.8 Å². The first kappa shape index (κ1) is 15.5. The lowest BCUT2D eigenvalue weighted by Crippen LogP contribution is -2.20. The normalized spacial score (nSPS) is 14.4. The SMILES string of the molecule is C=CN/C(CC)=C(/C(C)(C)CC)P(C)(C)=O. The van der Waals surface area contributed by atoms with E-state index < -0.39 is 7.14 Å². The molecule has 0 aliphatic heterocycles. The van der Waals surface area contributed by atoms with Gasteiger partial charge in [0.1, 0.15) is 7.14 Å². The highest BCUT2D eigenvalue weighted by Gasteiger charge is 2.32. The van der Waals surface area contributed by atoms with Gasteiger partial charge in [0.25, 0.3) is 0 Å². The minimum Gasteiger partial charge on any atom is -0.365 e. The zero-order chi connectivity index (χ0) is 13.0. The van der Waals surface area contributed by atoms with E-state index in [-0.39, 0.29) is 5.41 Å². The smallest absolute Gasteiger partial charge is 0.108 e. The van der Waals surface area contributed by atoms with Crippen molar-refractivity contribution in [2.75, 3.05) is 13.3 Å². The fourth-order valence-corrected chi connectivity index (χ4v) is 4.58. The van der Waals surface area contributed by atoms with E-state index in [4.69, 9.17) is 0 Å². The highest BCUT2D eigenvalue weighted by atomic mass is 31.2. The standard InChI is InChI=1S/C13H26NOP/c1-8-11(14-10-3)12(16(6,7)15)13(4,5)9-2/h10,14H,3,8-9H2,1-2,4-7H3/b12-11-. The summed E-state index contributed by atoms with van der Waals surface area (Å²) in [5.41, 5.74) is 1.04. The van der Waals surface area contributed by atoms with Gasteiger partial charge in [0.15, 0.2) is 0 Å². The van der Waals surface area contributed by atoms with Crippen molar-refractivity contribution < 1.29 is 4.57 Å². The van der Waals surface area contributed by atoms with E-state index in [0.717, 1.165) is 23.9 Å². The van der Waals surface area contributed by atoms with Gasteiger partial charge in [-0.25, -0.2) is 0 Å². The van der Waals surface area contributed by atoms with E-state index in [1.54, 1.807) is 6.20 Å². The molecular formula is C13H26NOP. The number of hydrogen-bond acceptors (Lipinski definition) is 2. The molecule has 0 aromatic rings. The number of nitrogens with one attached hydrogen (secondary N) is 1. The molecule has 0 atom stereocenters. The molecule has 94 valence electrons. The first-order valence-electron chi connectivity index (χ1n) is 5.87. The maximum atomic E-state index is 12.5. The van der Waals surface area contributed by atoms with Crippen LogP contribution in [0.5, 0.6) is 0 Å². The van der Waals surface area contributed by atoms with Crippen LogP contribution in [0.3, 0.4) is 0 Å². The Morgan fingerprint density at radius 1 is 1.38 bits per heavy atom. The third-order valence-corrected chi connectivity index (χ3v) is 4.93. The van der Waals surface area contributed by atoms with Crippen LogP contribution in [0.15, 0.2) is 23.8 Å². The third kappa shape index (κ3) is 3.83. The van der Waals surface area contributed by atoms with Crippen LogP contribution >= 0.6 is 7.14 Å². The summed E-state index contributed by atoms with van der Waals surface area (Å²) >= 11 is 0. The molecule has 0 aromatic carbocycles. The van der Waals surface area contributed by atoms with Crippen molar-refractivity contribution in [1.29, 1.82) is 0 Å². The van der Waals surface area contributed by atoms with Gasteiger partial charge < -0.3 is 9.88 Å². The van der Waals surface area contributed by atoms with Gasteiger partial charge in [-0.3, -0.25) is 0 Å². The van der Waals surface area contributed by atoms with Gasteiger partial charge in [0, 0.05) is 11.0 Å². The van der Waals surface area contributed by atoms with E-state index in [1.165, 1.54) is 0 Å². The van der Waals surface area contributed by atoms with Crippen molar-refractivity contribution in [2.45, 2.75) is 40.5 Å². The highest BCUT2D eigenvalue weighted by Crippen LogP contribution is 2.57. The minimum absolute atomic E-state index is 0.0274. The minimum atomic E-state index is -2.25. The van der Waals surface area contributed by atoms with Crippen LogP contribution in [0.2, 0.25) is 0 Å². The highest BCUT2D eigenvalue weighted by molar-refractivity contribution is 7.66. The quantitative estimate of drug-likeness (QED) is 0.700. The lowest BCUT2D eigenvalue weighted by Gasteiger charge is -2.32. The van der Waals surface area contributed by atoms with E-state index >= 15 is 0 Å². The van der Waals surface area contributed by atoms with Gasteiger partial charge in [-0.15, -0.1) is 0 Å². The second-order valence-corrected chi connectivity index (χ2v) is 8.27. The Morgan fingerprint density at radius 3 is 2.12 bits per heavy atom. The number of hydrogen-bond donors (Lipinski definition) is 1. The molecule has 3 heteroatoms. The molecule has 2 nitrogen and oxygen atoms in total. The third-order valence-electron chi connectivity index (χ3n) is 2.98. The van der Waals surface area contributed by atoms with Crippen LogP contribution in [-0.2, 0) is 4.57 Å². The van der Waals surface area contributed by atoms with Gasteiger partial charge in [0.2, 0.25) is 0 Å². The molecular weight excluding hydrogens is 217 g/mol. The van der Waals surface area contributed by atoms with Gasteiger partial charge in [-0.2, -0.15) is 0 Å². The summed E-state index contributed by atoms with van der Waals surface area (Å²) in [5.74, 6) is 0. The zero-order valence-corrected chi connectivity index (χ0v) is 12.4. The van der Waals surface area contributed by atoms with Gasteiger partial charge in [0.05, 0.1) is 0 Å². The Bertz CT molecular complexity index is 323. The molecule has 1 N–H and O–H groups in total. The maximum absolute atomic E-state index is 12.5. The van der Waals surface area contributed by atoms with Crippen LogP contribution in [-0.4, -0.2) is 13.3 Å². The van der Waals surface area contributed by atoms with E-state index in [9.17, 15) is 4.57 Å². The Hall–Kier alpha value is -0.490. The summed E-state index contributed by atoms with van der Waals surface area (Å²) in [5, 5.41) is 4.22. The predicted octanol–water partition coefficient (Wildman–Crippen LogP) is 4.40. The average molecular weight is 243 g/mol. The molecule has 0 spiro atoms. The second kappa shape index (κ2) is 5.72. The van der Waals surface area contributed by atoms with E-state index in [0.29, 0.717) is 0 Å². The average Bonchev–Trinajstić information content (AvgIpc) is 2.14. The summed E-state index contributed by atoms with van der Waals surface area (Å²) in [4.78, 5) is 0. The topological polar surface area (TPSA) is 29.1 Å². The van der Waals surface area contributed by atoms with Crippen molar-refractivity contribution >= 4 is 7.14 Å². The Labute approximate surface area is 101 Å². The molecule has 0 amide bonds. The van der Waals surface area contributed by atoms with Crippen LogP contribution in [0.1, 0.15) is 40.5 Å². The molecule has 0 unspecified atom stereocenters. The first-order chi connectivity index (χ1) is 7.20. The summed E-state index contributed by atoms with van der Waals surface area (Å²) in [7, 11) is -2.25. The lowest BCUT2D eigenvalue weighted by atomic mass is 9.88. The van der Waals surface area contributed by atoms with Crippen LogP contribution in [0.25, 0.3) is 0 Å². The molecule has 0 heterocycles. The fourth-order valence-electron chi connectivity index (χ4n) is 2.09. The lowest BCUT2D eigenvalue weighted by molar-refractivity contribution is 0.437. The summed E-state index contributed by atoms with van der Waals surface area (Å²) in [6.45, 7) is 15.9. The summed E-state index contributed by atoms with van der Waals surface area (Å²) in [6, 6.07) is 0. The Morgan fingerprint density at radius 2 is 1.88 bits per heavy atom. The maximum Gasteiger partial charge on any atom is 0.108 e. The number of allylic oxidation sites excluding steroid dienone is 2. The van der Waals surface area contributed by atoms with Crippen LogP contribution in [0.4, 0.5) is 0 Å². The molecule has 0 aromatic heterocycles. The molecule has 0 saturated carbocycles. The molecule has 0 radical (unpaired) electrons. The van der Waals surface area contributed by atoms with Crippen LogP contribution in [0, 0.1) is 5.41 Å². The van der Waals surface area contributed by atoms with E-state index in [2.05, 4.69) is 39.6 Å². The molecule has 0 aliphatic carbocycles. The number of rotatable bonds is 6. The zero-order valence-electron chi connectivity index (χ0n) is 11.6. The molecule has 0 saturated heterocycles. The second-order valence-electron chi connectivity index (χ2n) is 5.12. The Kier molecular flexibility index (Phi) is 5.55. The van der Waals surface area contributed by atoms with E-state index in [1.807, 2.05) is 13.3 Å². The fraction of sp³-hybridized carbons (Fsp3) is 0.692. The van der Waals surface area contributed by atoms with Crippen molar-refractivity contribution in [3.05, 3.63) is 23.8 Å². The van der Waals surface area contributed by atoms with Crippen molar-refractivity contribution in [3.63, 3.8) is 0 Å². The van der Waals surface area contributed by atoms with Gasteiger partial charge in [-0.1, -0.05) is 34.3 Å². The largest absolute Gasteiger partial charge is 0.365 e. The molecule has 16 heavy (non-hydrogen) atoms.